The highest BCUT2D eigenvalue weighted by molar-refractivity contribution is 5.85. The van der Waals surface area contributed by atoms with Gasteiger partial charge in [-0.3, -0.25) is 0 Å². The Labute approximate surface area is 84.9 Å². The first kappa shape index (κ1) is 9.04. The van der Waals surface area contributed by atoms with Crippen LogP contribution in [0, 0.1) is 5.92 Å². The van der Waals surface area contributed by atoms with Crippen LogP contribution in [0.4, 0.5) is 0 Å². The summed E-state index contributed by atoms with van der Waals surface area (Å²) in [7, 11) is 0. The van der Waals surface area contributed by atoms with E-state index in [1.165, 1.54) is 19.5 Å². The SMILES string of the molecule is Cl.c1ccc(C23CNCC2C3)cc1. The van der Waals surface area contributed by atoms with Crippen molar-refractivity contribution in [1.29, 1.82) is 0 Å². The summed E-state index contributed by atoms with van der Waals surface area (Å²) >= 11 is 0. The fourth-order valence-corrected chi connectivity index (χ4v) is 2.56. The van der Waals surface area contributed by atoms with E-state index in [1.807, 2.05) is 0 Å². The van der Waals surface area contributed by atoms with E-state index in [2.05, 4.69) is 35.6 Å². The van der Waals surface area contributed by atoms with E-state index in [0.717, 1.165) is 5.92 Å². The van der Waals surface area contributed by atoms with E-state index in [4.69, 9.17) is 0 Å². The van der Waals surface area contributed by atoms with Crippen LogP contribution in [-0.4, -0.2) is 13.1 Å². The second-order valence-corrected chi connectivity index (χ2v) is 4.05. The molecule has 2 fully saturated rings. The van der Waals surface area contributed by atoms with Crippen molar-refractivity contribution in [2.75, 3.05) is 13.1 Å². The molecule has 0 aromatic heterocycles. The van der Waals surface area contributed by atoms with Gasteiger partial charge < -0.3 is 5.32 Å². The Morgan fingerprint density at radius 2 is 2.00 bits per heavy atom. The van der Waals surface area contributed by atoms with Gasteiger partial charge in [0.15, 0.2) is 0 Å². The van der Waals surface area contributed by atoms with Crippen molar-refractivity contribution >= 4 is 12.4 Å². The van der Waals surface area contributed by atoms with Crippen molar-refractivity contribution in [2.45, 2.75) is 11.8 Å². The minimum Gasteiger partial charge on any atom is -0.316 e. The van der Waals surface area contributed by atoms with Gasteiger partial charge in [-0.1, -0.05) is 30.3 Å². The van der Waals surface area contributed by atoms with Crippen LogP contribution in [0.3, 0.4) is 0 Å². The van der Waals surface area contributed by atoms with E-state index >= 15 is 0 Å². The van der Waals surface area contributed by atoms with E-state index in [9.17, 15) is 0 Å². The van der Waals surface area contributed by atoms with Crippen LogP contribution in [0.25, 0.3) is 0 Å². The predicted octanol–water partition coefficient (Wildman–Crippen LogP) is 1.97. The zero-order valence-electron chi connectivity index (χ0n) is 7.49. The normalized spacial score (nSPS) is 34.9. The van der Waals surface area contributed by atoms with Gasteiger partial charge in [0, 0.05) is 12.0 Å². The van der Waals surface area contributed by atoms with Gasteiger partial charge in [-0.25, -0.2) is 0 Å². The molecule has 2 aliphatic rings. The summed E-state index contributed by atoms with van der Waals surface area (Å²) in [5.74, 6) is 0.930. The average molecular weight is 196 g/mol. The van der Waals surface area contributed by atoms with Crippen LogP contribution >= 0.6 is 12.4 Å². The molecule has 2 atom stereocenters. The molecule has 1 heterocycles. The fraction of sp³-hybridized carbons (Fsp3) is 0.455. The first-order chi connectivity index (χ1) is 5.92. The summed E-state index contributed by atoms with van der Waals surface area (Å²) in [4.78, 5) is 0. The largest absolute Gasteiger partial charge is 0.316 e. The maximum atomic E-state index is 3.46. The topological polar surface area (TPSA) is 12.0 Å². The summed E-state index contributed by atoms with van der Waals surface area (Å²) in [6.07, 6.45) is 1.41. The summed E-state index contributed by atoms with van der Waals surface area (Å²) < 4.78 is 0. The van der Waals surface area contributed by atoms with Gasteiger partial charge in [0.1, 0.15) is 0 Å². The highest BCUT2D eigenvalue weighted by atomic mass is 35.5. The first-order valence-corrected chi connectivity index (χ1v) is 4.68. The molecule has 70 valence electrons. The number of fused-ring (bicyclic) bond motifs is 1. The zero-order valence-corrected chi connectivity index (χ0v) is 8.31. The van der Waals surface area contributed by atoms with Crippen LogP contribution < -0.4 is 5.32 Å². The van der Waals surface area contributed by atoms with Gasteiger partial charge in [-0.2, -0.15) is 0 Å². The Morgan fingerprint density at radius 1 is 1.23 bits per heavy atom. The maximum Gasteiger partial charge on any atom is 0.0122 e. The molecule has 1 aliphatic carbocycles. The van der Waals surface area contributed by atoms with Crippen LogP contribution in [0.15, 0.2) is 30.3 Å². The van der Waals surface area contributed by atoms with E-state index in [1.54, 1.807) is 5.56 Å². The minimum atomic E-state index is 0. The molecule has 1 N–H and O–H groups in total. The maximum absolute atomic E-state index is 3.46. The molecular weight excluding hydrogens is 182 g/mol. The number of piperidine rings is 1. The van der Waals surface area contributed by atoms with Crippen molar-refractivity contribution in [3.05, 3.63) is 35.9 Å². The minimum absolute atomic E-state index is 0. The summed E-state index contributed by atoms with van der Waals surface area (Å²) in [5, 5.41) is 3.46. The molecule has 1 aromatic rings. The lowest BCUT2D eigenvalue weighted by Crippen LogP contribution is -2.18. The molecular formula is C11H14ClN. The number of nitrogens with one attached hydrogen (secondary N) is 1. The molecule has 1 aromatic carbocycles. The Kier molecular flexibility index (Phi) is 2.09. The quantitative estimate of drug-likeness (QED) is 0.723. The second kappa shape index (κ2) is 3.00. The summed E-state index contributed by atoms with van der Waals surface area (Å²) in [5.41, 5.74) is 2.08. The van der Waals surface area contributed by atoms with Crippen LogP contribution in [0.1, 0.15) is 12.0 Å². The number of rotatable bonds is 1. The standard InChI is InChI=1S/C11H13N.ClH/c1-2-4-9(5-3-1)11-6-10(11)7-12-8-11;/h1-5,10,12H,6-8H2;1H. The van der Waals surface area contributed by atoms with Gasteiger partial charge >= 0.3 is 0 Å². The van der Waals surface area contributed by atoms with Crippen molar-refractivity contribution in [3.8, 4) is 0 Å². The van der Waals surface area contributed by atoms with Crippen molar-refractivity contribution in [2.24, 2.45) is 5.92 Å². The summed E-state index contributed by atoms with van der Waals surface area (Å²) in [6.45, 7) is 2.43. The van der Waals surface area contributed by atoms with E-state index in [-0.39, 0.29) is 12.4 Å². The lowest BCUT2D eigenvalue weighted by Gasteiger charge is -2.10. The van der Waals surface area contributed by atoms with Crippen LogP contribution in [-0.2, 0) is 5.41 Å². The Hall–Kier alpha value is -0.530. The molecule has 0 amide bonds. The Morgan fingerprint density at radius 3 is 2.54 bits per heavy atom. The van der Waals surface area contributed by atoms with Gasteiger partial charge in [-0.15, -0.1) is 12.4 Å². The molecule has 13 heavy (non-hydrogen) atoms. The van der Waals surface area contributed by atoms with Gasteiger partial charge in [-0.05, 0) is 24.4 Å². The van der Waals surface area contributed by atoms with E-state index in [0.29, 0.717) is 5.41 Å². The monoisotopic (exact) mass is 195 g/mol. The molecule has 1 aliphatic heterocycles. The molecule has 3 rings (SSSR count). The third-order valence-electron chi connectivity index (χ3n) is 3.41. The highest BCUT2D eigenvalue weighted by Crippen LogP contribution is 2.56. The van der Waals surface area contributed by atoms with Crippen LogP contribution in [0.2, 0.25) is 0 Å². The smallest absolute Gasteiger partial charge is 0.0122 e. The third kappa shape index (κ3) is 1.18. The molecule has 2 unspecified atom stereocenters. The van der Waals surface area contributed by atoms with Crippen molar-refractivity contribution < 1.29 is 0 Å². The lowest BCUT2D eigenvalue weighted by molar-refractivity contribution is 0.675. The number of benzene rings is 1. The molecule has 2 heteroatoms. The number of halogens is 1. The third-order valence-corrected chi connectivity index (χ3v) is 3.41. The molecule has 0 spiro atoms. The van der Waals surface area contributed by atoms with Gasteiger partial charge in [0.05, 0.1) is 0 Å². The Bertz CT molecular complexity index is 298. The van der Waals surface area contributed by atoms with Crippen molar-refractivity contribution in [1.82, 2.24) is 5.32 Å². The van der Waals surface area contributed by atoms with Gasteiger partial charge in [0.2, 0.25) is 0 Å². The van der Waals surface area contributed by atoms with Crippen molar-refractivity contribution in [3.63, 3.8) is 0 Å². The second-order valence-electron chi connectivity index (χ2n) is 4.05. The molecule has 1 saturated carbocycles. The predicted molar refractivity (Wildman–Crippen MR) is 56.3 cm³/mol. The highest BCUT2D eigenvalue weighted by Gasteiger charge is 2.57. The Balaban J connectivity index is 0.000000653. The average Bonchev–Trinajstić information content (AvgIpc) is 2.72. The van der Waals surface area contributed by atoms with Crippen LogP contribution in [0.5, 0.6) is 0 Å². The lowest BCUT2D eigenvalue weighted by atomic mass is 9.95. The fourth-order valence-electron chi connectivity index (χ4n) is 2.56. The van der Waals surface area contributed by atoms with Gasteiger partial charge in [0.25, 0.3) is 0 Å². The molecule has 0 radical (unpaired) electrons. The van der Waals surface area contributed by atoms with E-state index < -0.39 is 0 Å². The molecule has 1 saturated heterocycles. The zero-order chi connectivity index (χ0) is 8.02. The molecule has 0 bridgehead atoms. The molecule has 1 nitrogen and oxygen atoms in total. The number of hydrogen-bond acceptors (Lipinski definition) is 1. The number of hydrogen-bond donors (Lipinski definition) is 1. The summed E-state index contributed by atoms with van der Waals surface area (Å²) in [6, 6.07) is 10.9. The first-order valence-electron chi connectivity index (χ1n) is 4.68.